The average Bonchev–Trinajstić information content (AvgIpc) is 2.56. The Labute approximate surface area is 163 Å². The lowest BCUT2D eigenvalue weighted by Gasteiger charge is -2.39. The number of rotatable bonds is 5. The molecule has 0 aliphatic carbocycles. The maximum absolute atomic E-state index is 5.62. The molecule has 0 saturated carbocycles. The van der Waals surface area contributed by atoms with Gasteiger partial charge in [0.1, 0.15) is 0 Å². The molecule has 1 aromatic rings. The van der Waals surface area contributed by atoms with Gasteiger partial charge in [0, 0.05) is 38.8 Å². The van der Waals surface area contributed by atoms with E-state index in [0.29, 0.717) is 5.92 Å². The van der Waals surface area contributed by atoms with Crippen LogP contribution in [0.15, 0.2) is 29.3 Å². The average molecular weight is 445 g/mol. The Morgan fingerprint density at radius 1 is 1.21 bits per heavy atom. The van der Waals surface area contributed by atoms with Crippen molar-refractivity contribution in [2.24, 2.45) is 10.9 Å². The van der Waals surface area contributed by atoms with Crippen LogP contribution in [0, 0.1) is 12.8 Å². The minimum Gasteiger partial charge on any atom is -0.381 e. The number of benzene rings is 1. The van der Waals surface area contributed by atoms with Crippen LogP contribution in [0.5, 0.6) is 0 Å². The van der Waals surface area contributed by atoms with Gasteiger partial charge in [0.2, 0.25) is 0 Å². The summed E-state index contributed by atoms with van der Waals surface area (Å²) in [6.07, 6.45) is 2.10. The molecular formula is C19H32IN3O. The van der Waals surface area contributed by atoms with E-state index in [-0.39, 0.29) is 29.4 Å². The minimum atomic E-state index is 0. The molecule has 0 bridgehead atoms. The predicted molar refractivity (Wildman–Crippen MR) is 113 cm³/mol. The largest absolute Gasteiger partial charge is 0.381 e. The Kier molecular flexibility index (Phi) is 9.05. The molecule has 0 amide bonds. The second-order valence-electron chi connectivity index (χ2n) is 6.91. The fourth-order valence-corrected chi connectivity index (χ4v) is 3.25. The molecule has 0 radical (unpaired) electrons. The second-order valence-corrected chi connectivity index (χ2v) is 6.91. The Morgan fingerprint density at radius 2 is 1.88 bits per heavy atom. The standard InChI is InChI=1S/C19H31N3O.HI/c1-15(2)13-21-18(20-4)22-14-19(9-11-23-12-10-19)17-8-6-5-7-16(17)3;/h5-8,15H,9-14H2,1-4H3,(H2,20,21,22);1H. The molecule has 1 aromatic carbocycles. The lowest BCUT2D eigenvalue weighted by Crippen LogP contribution is -2.48. The maximum Gasteiger partial charge on any atom is 0.191 e. The van der Waals surface area contributed by atoms with E-state index in [4.69, 9.17) is 4.74 Å². The number of hydrogen-bond acceptors (Lipinski definition) is 2. The molecule has 1 aliphatic rings. The summed E-state index contributed by atoms with van der Waals surface area (Å²) in [4.78, 5) is 4.35. The maximum atomic E-state index is 5.62. The number of aliphatic imine (C=N–C) groups is 1. The Balaban J connectivity index is 0.00000288. The van der Waals surface area contributed by atoms with Gasteiger partial charge in [-0.15, -0.1) is 24.0 Å². The van der Waals surface area contributed by atoms with Gasteiger partial charge in [-0.2, -0.15) is 0 Å². The van der Waals surface area contributed by atoms with E-state index >= 15 is 0 Å². The molecule has 24 heavy (non-hydrogen) atoms. The zero-order valence-corrected chi connectivity index (χ0v) is 17.7. The van der Waals surface area contributed by atoms with Gasteiger partial charge in [-0.25, -0.2) is 0 Å². The predicted octanol–water partition coefficient (Wildman–Crippen LogP) is 3.48. The molecule has 136 valence electrons. The van der Waals surface area contributed by atoms with Crippen LogP contribution >= 0.6 is 24.0 Å². The highest BCUT2D eigenvalue weighted by atomic mass is 127. The van der Waals surface area contributed by atoms with Crippen molar-refractivity contribution in [3.8, 4) is 0 Å². The van der Waals surface area contributed by atoms with E-state index in [1.54, 1.807) is 0 Å². The number of hydrogen-bond donors (Lipinski definition) is 2. The quantitative estimate of drug-likeness (QED) is 0.415. The van der Waals surface area contributed by atoms with Gasteiger partial charge < -0.3 is 15.4 Å². The van der Waals surface area contributed by atoms with Crippen LogP contribution in [0.2, 0.25) is 0 Å². The third-order valence-corrected chi connectivity index (χ3v) is 4.66. The van der Waals surface area contributed by atoms with Gasteiger partial charge in [-0.3, -0.25) is 4.99 Å². The Bertz CT molecular complexity index is 525. The molecule has 0 aromatic heterocycles. The third kappa shape index (κ3) is 5.62. The van der Waals surface area contributed by atoms with E-state index in [1.165, 1.54) is 11.1 Å². The van der Waals surface area contributed by atoms with E-state index in [1.807, 2.05) is 7.05 Å². The first kappa shape index (κ1) is 21.2. The molecule has 5 heteroatoms. The number of nitrogens with zero attached hydrogens (tertiary/aromatic N) is 1. The molecule has 1 fully saturated rings. The van der Waals surface area contributed by atoms with Crippen molar-refractivity contribution < 1.29 is 4.74 Å². The molecule has 2 rings (SSSR count). The summed E-state index contributed by atoms with van der Waals surface area (Å²) in [5.41, 5.74) is 2.93. The highest BCUT2D eigenvalue weighted by molar-refractivity contribution is 14.0. The van der Waals surface area contributed by atoms with Crippen molar-refractivity contribution in [3.05, 3.63) is 35.4 Å². The van der Waals surface area contributed by atoms with Gasteiger partial charge in [-0.05, 0) is 36.8 Å². The first-order valence-electron chi connectivity index (χ1n) is 8.66. The van der Waals surface area contributed by atoms with Crippen molar-refractivity contribution >= 4 is 29.9 Å². The molecule has 0 spiro atoms. The van der Waals surface area contributed by atoms with E-state index in [2.05, 4.69) is 60.7 Å². The van der Waals surface area contributed by atoms with Crippen LogP contribution in [0.4, 0.5) is 0 Å². The van der Waals surface area contributed by atoms with Crippen molar-refractivity contribution in [1.82, 2.24) is 10.6 Å². The Morgan fingerprint density at radius 3 is 2.46 bits per heavy atom. The Hall–Kier alpha value is -0.820. The van der Waals surface area contributed by atoms with E-state index in [9.17, 15) is 0 Å². The summed E-state index contributed by atoms with van der Waals surface area (Å²) < 4.78 is 5.62. The lowest BCUT2D eigenvalue weighted by atomic mass is 9.72. The number of aryl methyl sites for hydroxylation is 1. The van der Waals surface area contributed by atoms with Crippen LogP contribution in [0.3, 0.4) is 0 Å². The van der Waals surface area contributed by atoms with Crippen molar-refractivity contribution in [1.29, 1.82) is 0 Å². The first-order chi connectivity index (χ1) is 11.1. The summed E-state index contributed by atoms with van der Waals surface area (Å²) in [5, 5.41) is 6.94. The molecule has 0 unspecified atom stereocenters. The zero-order valence-electron chi connectivity index (χ0n) is 15.4. The van der Waals surface area contributed by atoms with Crippen LogP contribution in [-0.2, 0) is 10.2 Å². The molecule has 2 N–H and O–H groups in total. The van der Waals surface area contributed by atoms with E-state index in [0.717, 1.165) is 45.1 Å². The number of guanidine groups is 1. The molecule has 1 heterocycles. The summed E-state index contributed by atoms with van der Waals surface area (Å²) >= 11 is 0. The van der Waals surface area contributed by atoms with Crippen molar-refractivity contribution in [3.63, 3.8) is 0 Å². The molecular weight excluding hydrogens is 413 g/mol. The highest BCUT2D eigenvalue weighted by Gasteiger charge is 2.35. The SMILES string of the molecule is CN=C(NCC(C)C)NCC1(c2ccccc2C)CCOCC1.I. The number of nitrogens with one attached hydrogen (secondary N) is 2. The highest BCUT2D eigenvalue weighted by Crippen LogP contribution is 2.36. The smallest absolute Gasteiger partial charge is 0.191 e. The van der Waals surface area contributed by atoms with Crippen LogP contribution < -0.4 is 10.6 Å². The summed E-state index contributed by atoms with van der Waals surface area (Å²) in [6, 6.07) is 8.73. The van der Waals surface area contributed by atoms with Crippen LogP contribution in [0.1, 0.15) is 37.8 Å². The fraction of sp³-hybridized carbons (Fsp3) is 0.632. The lowest BCUT2D eigenvalue weighted by molar-refractivity contribution is 0.0512. The zero-order chi connectivity index (χ0) is 16.7. The molecule has 1 saturated heterocycles. The second kappa shape index (κ2) is 10.2. The fourth-order valence-electron chi connectivity index (χ4n) is 3.25. The molecule has 1 aliphatic heterocycles. The summed E-state index contributed by atoms with van der Waals surface area (Å²) in [7, 11) is 1.83. The summed E-state index contributed by atoms with van der Waals surface area (Å²) in [5.74, 6) is 1.49. The molecule has 4 nitrogen and oxygen atoms in total. The van der Waals surface area contributed by atoms with Gasteiger partial charge in [0.25, 0.3) is 0 Å². The topological polar surface area (TPSA) is 45.7 Å². The monoisotopic (exact) mass is 445 g/mol. The van der Waals surface area contributed by atoms with Crippen LogP contribution in [-0.4, -0.2) is 39.3 Å². The van der Waals surface area contributed by atoms with Crippen LogP contribution in [0.25, 0.3) is 0 Å². The van der Waals surface area contributed by atoms with Gasteiger partial charge in [0.15, 0.2) is 5.96 Å². The summed E-state index contributed by atoms with van der Waals surface area (Å²) in [6.45, 7) is 10.1. The van der Waals surface area contributed by atoms with Gasteiger partial charge >= 0.3 is 0 Å². The first-order valence-corrected chi connectivity index (χ1v) is 8.66. The van der Waals surface area contributed by atoms with Crippen molar-refractivity contribution in [2.45, 2.75) is 39.0 Å². The minimum absolute atomic E-state index is 0. The number of halogens is 1. The number of ether oxygens (including phenoxy) is 1. The molecule has 0 atom stereocenters. The van der Waals surface area contributed by atoms with E-state index < -0.39 is 0 Å². The third-order valence-electron chi connectivity index (χ3n) is 4.66. The van der Waals surface area contributed by atoms with Crippen molar-refractivity contribution in [2.75, 3.05) is 33.4 Å². The van der Waals surface area contributed by atoms with Gasteiger partial charge in [-0.1, -0.05) is 38.1 Å². The van der Waals surface area contributed by atoms with Gasteiger partial charge in [0.05, 0.1) is 0 Å². The normalized spacial score (nSPS) is 17.3.